The van der Waals surface area contributed by atoms with Crippen molar-refractivity contribution in [1.82, 2.24) is 0 Å². The van der Waals surface area contributed by atoms with Crippen molar-refractivity contribution in [2.75, 3.05) is 0 Å². The van der Waals surface area contributed by atoms with Crippen molar-refractivity contribution in [3.8, 4) is 11.1 Å². The monoisotopic (exact) mass is 772 g/mol. The summed E-state index contributed by atoms with van der Waals surface area (Å²) in [4.78, 5) is 0. The van der Waals surface area contributed by atoms with Crippen LogP contribution in [-0.4, -0.2) is 3.21 Å². The predicted molar refractivity (Wildman–Crippen MR) is 203 cm³/mol. The molecule has 4 aliphatic carbocycles. The molecule has 3 heteroatoms. The number of hydrogen-bond donors (Lipinski definition) is 0. The van der Waals surface area contributed by atoms with Gasteiger partial charge in [0.05, 0.1) is 0 Å². The molecule has 1 atom stereocenters. The number of rotatable bonds is 4. The average Bonchev–Trinajstić information content (AvgIpc) is 3.73. The summed E-state index contributed by atoms with van der Waals surface area (Å²) >= 11 is 1.55. The van der Waals surface area contributed by atoms with Gasteiger partial charge in [0.15, 0.2) is 0 Å². The third kappa shape index (κ3) is 8.78. The number of fused-ring (bicyclic) bond motifs is 5. The summed E-state index contributed by atoms with van der Waals surface area (Å²) in [7, 11) is 0. The Hall–Kier alpha value is -2.83. The first kappa shape index (κ1) is 40.0. The Balaban J connectivity index is 0.000000193. The molecule has 0 N–H and O–H groups in total. The van der Waals surface area contributed by atoms with E-state index < -0.39 is 0 Å². The van der Waals surface area contributed by atoms with Crippen molar-refractivity contribution < 1.29 is 49.0 Å². The molecule has 0 nitrogen and oxygen atoms in total. The van der Waals surface area contributed by atoms with E-state index in [-0.39, 0.29) is 35.6 Å². The van der Waals surface area contributed by atoms with Gasteiger partial charge in [0.1, 0.15) is 0 Å². The van der Waals surface area contributed by atoms with E-state index in [1.807, 2.05) is 6.08 Å². The first-order valence-corrected chi connectivity index (χ1v) is 18.6. The summed E-state index contributed by atoms with van der Waals surface area (Å²) in [5, 5.41) is 0. The zero-order valence-electron chi connectivity index (χ0n) is 30.8. The zero-order valence-corrected chi connectivity index (χ0v) is 34.7. The van der Waals surface area contributed by atoms with Crippen LogP contribution in [0.1, 0.15) is 99.9 Å². The molecular formula is C47H48Cl2Zr-2. The molecule has 1 unspecified atom stereocenters. The van der Waals surface area contributed by atoms with Gasteiger partial charge in [-0.3, -0.25) is 12.2 Å². The molecule has 0 bridgehead atoms. The Kier molecular flexibility index (Phi) is 13.0. The molecule has 4 aromatic carbocycles. The summed E-state index contributed by atoms with van der Waals surface area (Å²) in [5.74, 6) is 0.556. The second kappa shape index (κ2) is 16.2. The maximum atomic E-state index is 3.65. The third-order valence-electron chi connectivity index (χ3n) is 10.0. The van der Waals surface area contributed by atoms with Crippen molar-refractivity contribution in [2.24, 2.45) is 5.92 Å². The molecule has 0 spiro atoms. The van der Waals surface area contributed by atoms with Gasteiger partial charge < -0.3 is 24.8 Å². The fourth-order valence-electron chi connectivity index (χ4n) is 7.78. The minimum atomic E-state index is 0. The van der Waals surface area contributed by atoms with E-state index >= 15 is 0 Å². The van der Waals surface area contributed by atoms with Crippen molar-refractivity contribution >= 4 is 14.4 Å². The number of hydrogen-bond acceptors (Lipinski definition) is 0. The van der Waals surface area contributed by atoms with E-state index in [1.54, 1.807) is 27.4 Å². The number of benzene rings is 4. The molecule has 4 aliphatic rings. The van der Waals surface area contributed by atoms with Gasteiger partial charge in [0.2, 0.25) is 0 Å². The zero-order chi connectivity index (χ0) is 34.2. The van der Waals surface area contributed by atoms with Gasteiger partial charge in [0, 0.05) is 5.41 Å². The van der Waals surface area contributed by atoms with E-state index in [1.165, 1.54) is 72.4 Å². The van der Waals surface area contributed by atoms with Gasteiger partial charge in [-0.2, -0.15) is 11.6 Å². The van der Waals surface area contributed by atoms with Crippen molar-refractivity contribution in [3.63, 3.8) is 0 Å². The van der Waals surface area contributed by atoms with E-state index in [2.05, 4.69) is 165 Å². The molecule has 0 radical (unpaired) electrons. The average molecular weight is 775 g/mol. The molecule has 0 saturated heterocycles. The normalized spacial score (nSPS) is 17.5. The SMILES string of the molecule is CC1=CC(C)[C-]=C1.CC1=[C-]C(C)(C)c2cc3c(cc21)-c1cc2c(cc1C3)C(C)(C)C=C2C.[Cl-].[Cl-].[Zr+2]=[C](Cc1ccccc1)Cc1ccccc1. The second-order valence-electron chi connectivity index (χ2n) is 15.1. The van der Waals surface area contributed by atoms with Crippen molar-refractivity contribution in [1.29, 1.82) is 0 Å². The Morgan fingerprint density at radius 1 is 0.720 bits per heavy atom. The molecule has 0 saturated carbocycles. The molecule has 0 aliphatic heterocycles. The topological polar surface area (TPSA) is 0 Å². The Morgan fingerprint density at radius 3 is 1.72 bits per heavy atom. The molecule has 4 aromatic rings. The van der Waals surface area contributed by atoms with Gasteiger partial charge in [-0.25, -0.2) is 17.2 Å². The molecule has 0 aromatic heterocycles. The quantitative estimate of drug-likeness (QED) is 0.209. The van der Waals surface area contributed by atoms with Gasteiger partial charge in [-0.05, 0) is 58.4 Å². The Labute approximate surface area is 329 Å². The van der Waals surface area contributed by atoms with Crippen LogP contribution in [-0.2, 0) is 54.3 Å². The van der Waals surface area contributed by atoms with Crippen LogP contribution in [0.5, 0.6) is 0 Å². The standard InChI is InChI=1S/C25H25.C15H14.C7H9.2ClH.Zr/c1-14-12-24(3,4)22-8-16-7-17-9-23-19(15(2)13-25(23,5)6)11-21(17)20(16)10-18(14)22;1-3-8-14(9-4-1)12-7-13-15-10-5-2-6-11-15;1-6-3-4-7(2)5-6;;;/h8-12H,7H2,1-6H3;1-6,8-11H,12-13H2;3,5,7H,1-2H3;2*1H;/q-1;;-1;;;+2/p-2. The van der Waals surface area contributed by atoms with Crippen LogP contribution in [0.3, 0.4) is 0 Å². The Morgan fingerprint density at radius 2 is 1.24 bits per heavy atom. The van der Waals surface area contributed by atoms with Gasteiger partial charge in [-0.15, -0.1) is 18.6 Å². The molecule has 0 heterocycles. The maximum absolute atomic E-state index is 3.65. The summed E-state index contributed by atoms with van der Waals surface area (Å²) in [6.45, 7) is 17.9. The molecule has 256 valence electrons. The number of halogens is 2. The Bertz CT molecular complexity index is 1860. The summed E-state index contributed by atoms with van der Waals surface area (Å²) in [6.07, 6.45) is 16.8. The van der Waals surface area contributed by atoms with E-state index in [9.17, 15) is 0 Å². The van der Waals surface area contributed by atoms with Gasteiger partial charge in [0.25, 0.3) is 0 Å². The third-order valence-corrected chi connectivity index (χ3v) is 10.9. The predicted octanol–water partition coefficient (Wildman–Crippen LogP) is 5.59. The molecule has 0 fully saturated rings. The van der Waals surface area contributed by atoms with Crippen LogP contribution in [0.2, 0.25) is 0 Å². The first-order valence-electron chi connectivity index (χ1n) is 17.4. The minimum absolute atomic E-state index is 0. The summed E-state index contributed by atoms with van der Waals surface area (Å²) < 4.78 is 1.60. The fourth-order valence-corrected chi connectivity index (χ4v) is 8.78. The van der Waals surface area contributed by atoms with Crippen molar-refractivity contribution in [3.05, 3.63) is 165 Å². The first-order chi connectivity index (χ1) is 22.8. The second-order valence-corrected chi connectivity index (χ2v) is 16.9. The van der Waals surface area contributed by atoms with Crippen LogP contribution in [0.15, 0.2) is 109 Å². The van der Waals surface area contributed by atoms with Crippen LogP contribution in [0.4, 0.5) is 0 Å². The van der Waals surface area contributed by atoms with Crippen LogP contribution < -0.4 is 24.8 Å². The molecule has 8 rings (SSSR count). The van der Waals surface area contributed by atoms with Crippen LogP contribution in [0.25, 0.3) is 22.3 Å². The molecule has 0 amide bonds. The van der Waals surface area contributed by atoms with Crippen molar-refractivity contribution in [2.45, 2.75) is 85.5 Å². The fraction of sp³-hybridized carbons (Fsp3) is 0.298. The van der Waals surface area contributed by atoms with E-state index in [0.717, 1.165) is 19.3 Å². The summed E-state index contributed by atoms with van der Waals surface area (Å²) in [6, 6.07) is 31.2. The van der Waals surface area contributed by atoms with Crippen LogP contribution in [0, 0.1) is 18.1 Å². The van der Waals surface area contributed by atoms with E-state index in [0.29, 0.717) is 5.92 Å². The summed E-state index contributed by atoms with van der Waals surface area (Å²) in [5.41, 5.74) is 18.7. The number of allylic oxidation sites excluding steroid dienone is 8. The van der Waals surface area contributed by atoms with Gasteiger partial charge >= 0.3 is 112 Å². The molecular weight excluding hydrogens is 727 g/mol. The van der Waals surface area contributed by atoms with E-state index in [4.69, 9.17) is 0 Å². The van der Waals surface area contributed by atoms with Crippen LogP contribution >= 0.6 is 0 Å². The molecule has 50 heavy (non-hydrogen) atoms. The van der Waals surface area contributed by atoms with Gasteiger partial charge in [-0.1, -0.05) is 71.1 Å².